The van der Waals surface area contributed by atoms with Gasteiger partial charge in [0.2, 0.25) is 0 Å². The average Bonchev–Trinajstić information content (AvgIpc) is 3.13. The van der Waals surface area contributed by atoms with E-state index in [0.717, 1.165) is 17.7 Å². The third-order valence-corrected chi connectivity index (χ3v) is 6.02. The topological polar surface area (TPSA) is 105 Å². The zero-order valence-corrected chi connectivity index (χ0v) is 16.1. The molecule has 28 heavy (non-hydrogen) atoms. The highest BCUT2D eigenvalue weighted by Crippen LogP contribution is 2.48. The molecule has 0 radical (unpaired) electrons. The second-order valence-electron chi connectivity index (χ2n) is 6.63. The van der Waals surface area contributed by atoms with E-state index >= 15 is 0 Å². The molecule has 1 atom stereocenters. The predicted octanol–water partition coefficient (Wildman–Crippen LogP) is 4.01. The summed E-state index contributed by atoms with van der Waals surface area (Å²) in [5.41, 5.74) is 11.3. The van der Waals surface area contributed by atoms with Gasteiger partial charge in [-0.15, -0.1) is 11.8 Å². The monoisotopic (exact) mass is 389 g/mol. The van der Waals surface area contributed by atoms with Crippen molar-refractivity contribution in [2.45, 2.75) is 23.5 Å². The number of nitrogens with two attached hydrogens (primary N) is 1. The number of rotatable bonds is 4. The predicted molar refractivity (Wildman–Crippen MR) is 112 cm³/mol. The van der Waals surface area contributed by atoms with Crippen LogP contribution in [0, 0.1) is 12.3 Å². The van der Waals surface area contributed by atoms with Crippen molar-refractivity contribution in [2.24, 2.45) is 0 Å². The number of hydrogen-bond acceptors (Lipinski definition) is 6. The first kappa shape index (κ1) is 18.2. The molecule has 1 unspecified atom stereocenters. The van der Waals surface area contributed by atoms with Crippen LogP contribution in [0.2, 0.25) is 0 Å². The summed E-state index contributed by atoms with van der Waals surface area (Å²) in [6.45, 7) is 1.81. The Morgan fingerprint density at radius 2 is 2.11 bits per heavy atom. The Bertz CT molecular complexity index is 1040. The van der Waals surface area contributed by atoms with Gasteiger partial charge in [0, 0.05) is 39.5 Å². The molecule has 1 aliphatic rings. The van der Waals surface area contributed by atoms with Gasteiger partial charge in [-0.2, -0.15) is 0 Å². The second-order valence-corrected chi connectivity index (χ2v) is 7.87. The number of hydrogen-bond donors (Lipinski definition) is 3. The summed E-state index contributed by atoms with van der Waals surface area (Å²) in [5, 5.41) is 10.7. The number of thioether (sulfide) groups is 1. The highest BCUT2D eigenvalue weighted by molar-refractivity contribution is 7.99. The summed E-state index contributed by atoms with van der Waals surface area (Å²) >= 11 is 1.76. The highest BCUT2D eigenvalue weighted by atomic mass is 32.2. The molecule has 6 nitrogen and oxygen atoms in total. The molecule has 1 amide bonds. The summed E-state index contributed by atoms with van der Waals surface area (Å²) < 4.78 is 0. The van der Waals surface area contributed by atoms with Crippen molar-refractivity contribution < 1.29 is 4.79 Å². The van der Waals surface area contributed by atoms with Gasteiger partial charge in [0.1, 0.15) is 5.69 Å². The van der Waals surface area contributed by atoms with Crippen molar-refractivity contribution in [1.82, 2.24) is 9.97 Å². The van der Waals surface area contributed by atoms with Crippen LogP contribution in [0.25, 0.3) is 0 Å². The van der Waals surface area contributed by atoms with Crippen molar-refractivity contribution in [2.75, 3.05) is 11.1 Å². The van der Waals surface area contributed by atoms with E-state index < -0.39 is 0 Å². The van der Waals surface area contributed by atoms with Gasteiger partial charge in [0.05, 0.1) is 11.9 Å². The number of anilines is 2. The van der Waals surface area contributed by atoms with Gasteiger partial charge in [-0.05, 0) is 42.7 Å². The molecule has 140 valence electrons. The van der Waals surface area contributed by atoms with Gasteiger partial charge in [0.15, 0.2) is 0 Å². The molecule has 0 spiro atoms. The van der Waals surface area contributed by atoms with E-state index in [4.69, 9.17) is 11.1 Å². The van der Waals surface area contributed by atoms with Crippen LogP contribution in [0.5, 0.6) is 0 Å². The maximum atomic E-state index is 12.5. The number of nitrogens with one attached hydrogen (secondary N) is 2. The van der Waals surface area contributed by atoms with E-state index in [1.807, 2.05) is 25.1 Å². The smallest absolute Gasteiger partial charge is 0.275 e. The molecule has 0 aliphatic carbocycles. The maximum Gasteiger partial charge on any atom is 0.275 e. The molecule has 0 bridgehead atoms. The van der Waals surface area contributed by atoms with Gasteiger partial charge in [-0.3, -0.25) is 9.78 Å². The van der Waals surface area contributed by atoms with Crippen LogP contribution in [0.1, 0.15) is 38.1 Å². The number of carbonyl (C=O) groups is 1. The van der Waals surface area contributed by atoms with Gasteiger partial charge in [0.25, 0.3) is 5.91 Å². The Kier molecular flexibility index (Phi) is 4.83. The lowest BCUT2D eigenvalue weighted by molar-refractivity contribution is 0.102. The third kappa shape index (κ3) is 3.48. The number of benzene rings is 2. The molecule has 0 saturated carbocycles. The average molecular weight is 389 g/mol. The van der Waals surface area contributed by atoms with Gasteiger partial charge < -0.3 is 16.5 Å². The Hall–Kier alpha value is -3.19. The van der Waals surface area contributed by atoms with Gasteiger partial charge in [-0.1, -0.05) is 18.2 Å². The fourth-order valence-corrected chi connectivity index (χ4v) is 4.57. The molecule has 0 saturated heterocycles. The summed E-state index contributed by atoms with van der Waals surface area (Å²) in [4.78, 5) is 22.0. The number of nitrogen functional groups attached to an aromatic ring is 1. The molecular weight excluding hydrogens is 370 g/mol. The number of nitrogens with zero attached hydrogens (tertiary/aromatic N) is 2. The molecule has 4 rings (SSSR count). The maximum absolute atomic E-state index is 12.5. The lowest BCUT2D eigenvalue weighted by Crippen LogP contribution is -2.15. The van der Waals surface area contributed by atoms with Crippen molar-refractivity contribution in [3.8, 4) is 0 Å². The molecule has 2 aromatic carbocycles. The number of fused-ring (bicyclic) bond motifs is 1. The fraction of sp³-hybridized carbons (Fsp3) is 0.143. The van der Waals surface area contributed by atoms with E-state index in [9.17, 15) is 4.79 Å². The lowest BCUT2D eigenvalue weighted by atomic mass is 9.99. The SMILES string of the molecule is Cc1cnc(C(=O)Nc2cc(C=N)c(N)c(C3Cc4ccccc4S3)c2)cn1. The van der Waals surface area contributed by atoms with Crippen LogP contribution in [0.15, 0.2) is 53.7 Å². The first-order chi connectivity index (χ1) is 13.5. The van der Waals surface area contributed by atoms with Crippen LogP contribution in [-0.4, -0.2) is 22.1 Å². The Labute approximate surface area is 167 Å². The second kappa shape index (κ2) is 7.44. The van der Waals surface area contributed by atoms with Crippen LogP contribution in [0.4, 0.5) is 11.4 Å². The quantitative estimate of drug-likeness (QED) is 0.462. The molecular formula is C21H19N5OS. The number of aromatic nitrogens is 2. The van der Waals surface area contributed by atoms with Crippen LogP contribution >= 0.6 is 11.8 Å². The molecule has 4 N–H and O–H groups in total. The molecule has 3 aromatic rings. The fourth-order valence-electron chi connectivity index (χ4n) is 3.22. The molecule has 1 aromatic heterocycles. The highest BCUT2D eigenvalue weighted by Gasteiger charge is 2.26. The molecule has 1 aliphatic heterocycles. The van der Waals surface area contributed by atoms with Crippen molar-refractivity contribution in [3.05, 3.63) is 76.9 Å². The van der Waals surface area contributed by atoms with Gasteiger partial charge >= 0.3 is 0 Å². The van der Waals surface area contributed by atoms with Crippen LogP contribution < -0.4 is 11.1 Å². The first-order valence-corrected chi connectivity index (χ1v) is 9.71. The Morgan fingerprint density at radius 3 is 2.82 bits per heavy atom. The van der Waals surface area contributed by atoms with Crippen molar-refractivity contribution in [3.63, 3.8) is 0 Å². The van der Waals surface area contributed by atoms with E-state index in [1.54, 1.807) is 24.0 Å². The summed E-state index contributed by atoms with van der Waals surface area (Å²) in [6.07, 6.45) is 5.08. The summed E-state index contributed by atoms with van der Waals surface area (Å²) in [5.74, 6) is -0.346. The Morgan fingerprint density at radius 1 is 1.29 bits per heavy atom. The minimum absolute atomic E-state index is 0.145. The van der Waals surface area contributed by atoms with Crippen LogP contribution in [0.3, 0.4) is 0 Å². The van der Waals surface area contributed by atoms with E-state index in [-0.39, 0.29) is 16.9 Å². The summed E-state index contributed by atoms with van der Waals surface area (Å²) in [7, 11) is 0. The van der Waals surface area contributed by atoms with Crippen LogP contribution in [-0.2, 0) is 6.42 Å². The number of amides is 1. The van der Waals surface area contributed by atoms with E-state index in [1.165, 1.54) is 22.9 Å². The minimum Gasteiger partial charge on any atom is -0.398 e. The largest absolute Gasteiger partial charge is 0.398 e. The van der Waals surface area contributed by atoms with E-state index in [0.29, 0.717) is 16.9 Å². The van der Waals surface area contributed by atoms with Crippen molar-refractivity contribution in [1.29, 1.82) is 5.41 Å². The van der Waals surface area contributed by atoms with E-state index in [2.05, 4.69) is 27.4 Å². The standard InChI is InChI=1S/C21H19N5OS/c1-12-10-25-17(11-24-12)21(27)26-15-6-14(9-22)20(23)16(8-15)19-7-13-4-2-3-5-18(13)28-19/h2-6,8-11,19,22H,7,23H2,1H3,(H,26,27). The normalized spacial score (nSPS) is 15.1. The molecule has 0 fully saturated rings. The summed E-state index contributed by atoms with van der Waals surface area (Å²) in [6, 6.07) is 11.9. The third-order valence-electron chi connectivity index (χ3n) is 4.66. The number of carbonyl (C=O) groups excluding carboxylic acids is 1. The molecule has 7 heteroatoms. The molecule has 2 heterocycles. The zero-order chi connectivity index (χ0) is 19.7. The Balaban J connectivity index is 1.64. The minimum atomic E-state index is -0.346. The lowest BCUT2D eigenvalue weighted by Gasteiger charge is -2.17. The number of aryl methyl sites for hydroxylation is 1. The zero-order valence-electron chi connectivity index (χ0n) is 15.3. The van der Waals surface area contributed by atoms with Crippen molar-refractivity contribution >= 4 is 35.3 Å². The first-order valence-electron chi connectivity index (χ1n) is 8.83. The van der Waals surface area contributed by atoms with Gasteiger partial charge in [-0.25, -0.2) is 4.98 Å².